The molecule has 0 heterocycles. The van der Waals surface area contributed by atoms with Crippen LogP contribution < -0.4 is 10.1 Å². The summed E-state index contributed by atoms with van der Waals surface area (Å²) in [6.45, 7) is 2.98. The van der Waals surface area contributed by atoms with Crippen molar-refractivity contribution >= 4 is 5.69 Å². The van der Waals surface area contributed by atoms with Gasteiger partial charge in [-0.3, -0.25) is 0 Å². The highest BCUT2D eigenvalue weighted by Crippen LogP contribution is 2.24. The lowest BCUT2D eigenvalue weighted by molar-refractivity contribution is 0.146. The minimum absolute atomic E-state index is 0.125. The van der Waals surface area contributed by atoms with Gasteiger partial charge in [-0.05, 0) is 25.1 Å². The summed E-state index contributed by atoms with van der Waals surface area (Å²) < 4.78 is 24.3. The Hall–Kier alpha value is -2.07. The molecule has 0 aromatic heterocycles. The summed E-state index contributed by atoms with van der Waals surface area (Å²) >= 11 is 0. The van der Waals surface area contributed by atoms with Crippen molar-refractivity contribution in [3.8, 4) is 5.75 Å². The molecule has 0 aliphatic heterocycles. The molecule has 0 saturated carbocycles. The number of benzene rings is 2. The maximum Gasteiger partial charge on any atom is 0.128 e. The summed E-state index contributed by atoms with van der Waals surface area (Å²) in [4.78, 5) is 0. The Bertz CT molecular complexity index is 574. The van der Waals surface area contributed by atoms with E-state index in [1.807, 2.05) is 37.3 Å². The molecule has 0 fully saturated rings. The molecule has 0 aliphatic rings. The van der Waals surface area contributed by atoms with E-state index in [2.05, 4.69) is 5.32 Å². The predicted octanol–water partition coefficient (Wildman–Crippen LogP) is 4.02. The Labute approximate surface area is 124 Å². The lowest BCUT2D eigenvalue weighted by atomic mass is 10.1. The summed E-state index contributed by atoms with van der Waals surface area (Å²) in [5.41, 5.74) is 1.53. The third-order valence-corrected chi connectivity index (χ3v) is 3.15. The molecule has 2 aromatic carbocycles. The first-order chi connectivity index (χ1) is 10.2. The van der Waals surface area contributed by atoms with Gasteiger partial charge in [-0.2, -0.15) is 0 Å². The molecule has 0 aliphatic carbocycles. The third kappa shape index (κ3) is 4.46. The summed E-state index contributed by atoms with van der Waals surface area (Å²) in [6.07, 6.45) is 0. The fourth-order valence-corrected chi connectivity index (χ4v) is 2.07. The summed E-state index contributed by atoms with van der Waals surface area (Å²) in [5, 5.41) is 3.28. The zero-order chi connectivity index (χ0) is 15.1. The van der Waals surface area contributed by atoms with Gasteiger partial charge in [0.05, 0.1) is 12.6 Å². The highest BCUT2D eigenvalue weighted by Gasteiger charge is 2.10. The van der Waals surface area contributed by atoms with E-state index in [-0.39, 0.29) is 11.9 Å². The monoisotopic (exact) mass is 289 g/mol. The molecule has 0 saturated heterocycles. The van der Waals surface area contributed by atoms with Gasteiger partial charge < -0.3 is 14.8 Å². The molecule has 21 heavy (non-hydrogen) atoms. The highest BCUT2D eigenvalue weighted by atomic mass is 19.1. The van der Waals surface area contributed by atoms with Gasteiger partial charge >= 0.3 is 0 Å². The fraction of sp³-hybridized carbons (Fsp3) is 0.294. The van der Waals surface area contributed by atoms with E-state index >= 15 is 0 Å². The summed E-state index contributed by atoms with van der Waals surface area (Å²) in [5.74, 6) is 0.558. The van der Waals surface area contributed by atoms with Crippen molar-refractivity contribution in [2.45, 2.75) is 13.0 Å². The number of hydrogen-bond donors (Lipinski definition) is 1. The number of rotatable bonds is 7. The molecule has 0 amide bonds. The van der Waals surface area contributed by atoms with Crippen LogP contribution in [0.25, 0.3) is 0 Å². The van der Waals surface area contributed by atoms with E-state index in [1.54, 1.807) is 19.2 Å². The van der Waals surface area contributed by atoms with Crippen LogP contribution in [0.15, 0.2) is 48.5 Å². The van der Waals surface area contributed by atoms with Gasteiger partial charge in [0.25, 0.3) is 0 Å². The van der Waals surface area contributed by atoms with Crippen LogP contribution in [0.2, 0.25) is 0 Å². The number of hydrogen-bond acceptors (Lipinski definition) is 3. The van der Waals surface area contributed by atoms with Gasteiger partial charge in [0.1, 0.15) is 18.2 Å². The first-order valence-electron chi connectivity index (χ1n) is 6.93. The van der Waals surface area contributed by atoms with Crippen LogP contribution >= 0.6 is 0 Å². The van der Waals surface area contributed by atoms with Crippen molar-refractivity contribution in [3.63, 3.8) is 0 Å². The highest BCUT2D eigenvalue weighted by molar-refractivity contribution is 5.49. The molecule has 2 rings (SSSR count). The molecule has 112 valence electrons. The van der Waals surface area contributed by atoms with Crippen LogP contribution in [0.1, 0.15) is 18.5 Å². The number of anilines is 1. The van der Waals surface area contributed by atoms with E-state index < -0.39 is 0 Å². The minimum Gasteiger partial charge on any atom is -0.491 e. The average Bonchev–Trinajstić information content (AvgIpc) is 2.48. The second kappa shape index (κ2) is 7.64. The molecule has 1 unspecified atom stereocenters. The zero-order valence-electron chi connectivity index (χ0n) is 12.3. The largest absolute Gasteiger partial charge is 0.491 e. The van der Waals surface area contributed by atoms with Crippen LogP contribution in [0.5, 0.6) is 5.75 Å². The maximum absolute atomic E-state index is 13.7. The molecule has 3 nitrogen and oxygen atoms in total. The summed E-state index contributed by atoms with van der Waals surface area (Å²) in [7, 11) is 1.64. The minimum atomic E-state index is -0.204. The van der Waals surface area contributed by atoms with Gasteiger partial charge in [-0.25, -0.2) is 4.39 Å². The number of methoxy groups -OCH3 is 1. The van der Waals surface area contributed by atoms with E-state index in [0.29, 0.717) is 18.8 Å². The van der Waals surface area contributed by atoms with E-state index in [9.17, 15) is 4.39 Å². The maximum atomic E-state index is 13.7. The van der Waals surface area contributed by atoms with Crippen LogP contribution in [-0.4, -0.2) is 20.3 Å². The average molecular weight is 289 g/mol. The quantitative estimate of drug-likeness (QED) is 0.781. The fourth-order valence-electron chi connectivity index (χ4n) is 2.07. The number of nitrogens with one attached hydrogen (secondary N) is 1. The first kappa shape index (κ1) is 15.3. The van der Waals surface area contributed by atoms with Crippen molar-refractivity contribution in [1.82, 2.24) is 0 Å². The molecule has 0 bridgehead atoms. The smallest absolute Gasteiger partial charge is 0.128 e. The second-order valence-electron chi connectivity index (χ2n) is 4.76. The second-order valence-corrected chi connectivity index (χ2v) is 4.76. The van der Waals surface area contributed by atoms with E-state index in [0.717, 1.165) is 11.4 Å². The lowest BCUT2D eigenvalue weighted by Gasteiger charge is -2.17. The van der Waals surface area contributed by atoms with Crippen LogP contribution in [0.4, 0.5) is 10.1 Å². The Morgan fingerprint density at radius 3 is 2.67 bits per heavy atom. The van der Waals surface area contributed by atoms with Crippen molar-refractivity contribution in [2.75, 3.05) is 25.6 Å². The normalized spacial score (nSPS) is 12.0. The van der Waals surface area contributed by atoms with Crippen molar-refractivity contribution in [2.24, 2.45) is 0 Å². The Kier molecular flexibility index (Phi) is 5.58. The topological polar surface area (TPSA) is 30.5 Å². The van der Waals surface area contributed by atoms with Gasteiger partial charge in [0, 0.05) is 24.4 Å². The molecule has 4 heteroatoms. The van der Waals surface area contributed by atoms with Crippen LogP contribution in [0, 0.1) is 5.82 Å². The Morgan fingerprint density at radius 1 is 1.10 bits per heavy atom. The van der Waals surface area contributed by atoms with Gasteiger partial charge in [0.2, 0.25) is 0 Å². The first-order valence-corrected chi connectivity index (χ1v) is 6.93. The van der Waals surface area contributed by atoms with Gasteiger partial charge in [-0.15, -0.1) is 0 Å². The molecule has 0 spiro atoms. The SMILES string of the molecule is COCCOc1cccc(NC(C)c2ccccc2F)c1. The molecular weight excluding hydrogens is 269 g/mol. The molecular formula is C17H20FNO2. The third-order valence-electron chi connectivity index (χ3n) is 3.15. The Morgan fingerprint density at radius 2 is 1.90 bits per heavy atom. The molecule has 1 atom stereocenters. The standard InChI is InChI=1S/C17H20FNO2/c1-13(16-8-3-4-9-17(16)18)19-14-6-5-7-15(12-14)21-11-10-20-2/h3-9,12-13,19H,10-11H2,1-2H3. The van der Waals surface area contributed by atoms with Gasteiger partial charge in [-0.1, -0.05) is 24.3 Å². The molecule has 0 radical (unpaired) electrons. The van der Waals surface area contributed by atoms with E-state index in [1.165, 1.54) is 6.07 Å². The summed E-state index contributed by atoms with van der Waals surface area (Å²) in [6, 6.07) is 14.3. The van der Waals surface area contributed by atoms with E-state index in [4.69, 9.17) is 9.47 Å². The van der Waals surface area contributed by atoms with Crippen molar-refractivity contribution in [1.29, 1.82) is 0 Å². The van der Waals surface area contributed by atoms with Crippen LogP contribution in [0.3, 0.4) is 0 Å². The number of halogens is 1. The molecule has 1 N–H and O–H groups in total. The lowest BCUT2D eigenvalue weighted by Crippen LogP contribution is -2.09. The van der Waals surface area contributed by atoms with Crippen LogP contribution in [-0.2, 0) is 4.74 Å². The van der Waals surface area contributed by atoms with Crippen molar-refractivity contribution in [3.05, 3.63) is 59.9 Å². The Balaban J connectivity index is 2.02. The van der Waals surface area contributed by atoms with Gasteiger partial charge in [0.15, 0.2) is 0 Å². The molecule has 2 aromatic rings. The number of ether oxygens (including phenoxy) is 2. The zero-order valence-corrected chi connectivity index (χ0v) is 12.3. The van der Waals surface area contributed by atoms with Crippen molar-refractivity contribution < 1.29 is 13.9 Å². The predicted molar refractivity (Wildman–Crippen MR) is 82.3 cm³/mol.